The molecule has 0 unspecified atom stereocenters. The van der Waals surface area contributed by atoms with Crippen molar-refractivity contribution in [1.29, 1.82) is 0 Å². The molecule has 5 heteroatoms. The molecule has 0 aliphatic rings. The third-order valence-corrected chi connectivity index (χ3v) is 4.26. The first kappa shape index (κ1) is 15.5. The molecular weight excluding hydrogens is 287 g/mol. The fourth-order valence-corrected chi connectivity index (χ4v) is 3.07. The summed E-state index contributed by atoms with van der Waals surface area (Å²) >= 11 is 0. The van der Waals surface area contributed by atoms with E-state index in [1.807, 2.05) is 36.4 Å². The summed E-state index contributed by atoms with van der Waals surface area (Å²) < 4.78 is 21.2. The van der Waals surface area contributed by atoms with E-state index >= 15 is 0 Å². The molecule has 0 radical (unpaired) electrons. The molecule has 0 aromatic heterocycles. The number of ether oxygens (including phenoxy) is 4. The Morgan fingerprint density at radius 3 is 1.29 bits per heavy atom. The fourth-order valence-electron chi connectivity index (χ4n) is 1.99. The van der Waals surface area contributed by atoms with Crippen LogP contribution in [0.15, 0.2) is 36.4 Å². The average molecular weight is 306 g/mol. The summed E-state index contributed by atoms with van der Waals surface area (Å²) in [4.78, 5) is 0. The molecule has 0 saturated heterocycles. The Morgan fingerprint density at radius 1 is 0.571 bits per heavy atom. The quantitative estimate of drug-likeness (QED) is 0.768. The van der Waals surface area contributed by atoms with Crippen molar-refractivity contribution in [2.45, 2.75) is 0 Å². The van der Waals surface area contributed by atoms with E-state index in [1.165, 1.54) is 10.6 Å². The molecule has 0 amide bonds. The van der Waals surface area contributed by atoms with E-state index in [-0.39, 0.29) is 0 Å². The number of rotatable bonds is 6. The minimum Gasteiger partial charge on any atom is -0.493 e. The molecule has 0 aliphatic carbocycles. The summed E-state index contributed by atoms with van der Waals surface area (Å²) in [5, 5.41) is 2.33. The Hall–Kier alpha value is -1.93. The molecule has 0 fully saturated rings. The number of hydrogen-bond donors (Lipinski definition) is 0. The predicted molar refractivity (Wildman–Crippen MR) is 86.7 cm³/mol. The van der Waals surface area contributed by atoms with Crippen LogP contribution in [0, 0.1) is 0 Å². The summed E-state index contributed by atoms with van der Waals surface area (Å²) in [6.07, 6.45) is 0. The van der Waals surface area contributed by atoms with Gasteiger partial charge in [-0.05, 0) is 34.9 Å². The van der Waals surface area contributed by atoms with Crippen molar-refractivity contribution in [3.05, 3.63) is 36.4 Å². The molecule has 4 nitrogen and oxygen atoms in total. The lowest BCUT2D eigenvalue weighted by Gasteiger charge is -2.11. The van der Waals surface area contributed by atoms with Crippen LogP contribution in [0.1, 0.15) is 0 Å². The molecule has 2 aromatic rings. The van der Waals surface area contributed by atoms with Crippen LogP contribution in [0.4, 0.5) is 0 Å². The molecule has 0 bridgehead atoms. The maximum absolute atomic E-state index is 5.33. The third kappa shape index (κ3) is 3.59. The van der Waals surface area contributed by atoms with Crippen LogP contribution in [0.5, 0.6) is 23.0 Å². The summed E-state index contributed by atoms with van der Waals surface area (Å²) in [7, 11) is 7.05. The zero-order chi connectivity index (χ0) is 15.2. The van der Waals surface area contributed by atoms with E-state index in [0.29, 0.717) is 8.58 Å². The Morgan fingerprint density at radius 2 is 0.952 bits per heavy atom. The molecule has 2 rings (SSSR count). The Labute approximate surface area is 126 Å². The van der Waals surface area contributed by atoms with E-state index in [9.17, 15) is 0 Å². The molecule has 0 atom stereocenters. The smallest absolute Gasteiger partial charge is 0.161 e. The highest BCUT2D eigenvalue weighted by molar-refractivity contribution is 7.55. The first-order chi connectivity index (χ1) is 10.2. The fraction of sp³-hybridized carbons (Fsp3) is 0.250. The van der Waals surface area contributed by atoms with Crippen molar-refractivity contribution in [2.75, 3.05) is 28.4 Å². The average Bonchev–Trinajstić information content (AvgIpc) is 2.54. The van der Waals surface area contributed by atoms with Gasteiger partial charge in [0.15, 0.2) is 23.0 Å². The molecule has 0 aliphatic heterocycles. The van der Waals surface area contributed by atoms with Crippen molar-refractivity contribution < 1.29 is 18.9 Å². The second-order valence-electron chi connectivity index (χ2n) is 4.26. The van der Waals surface area contributed by atoms with E-state index in [0.717, 1.165) is 23.0 Å². The number of hydrogen-bond acceptors (Lipinski definition) is 4. The minimum absolute atomic E-state index is 0.500. The summed E-state index contributed by atoms with van der Waals surface area (Å²) in [6.45, 7) is 0. The van der Waals surface area contributed by atoms with Gasteiger partial charge in [0.2, 0.25) is 0 Å². The standard InChI is InChI=1S/C16H19O4P/c1-17-13-7-5-11(9-15(13)19-3)21-12-6-8-14(18-2)16(10-12)20-4/h5-10,21H,1-4H3. The Balaban J connectivity index is 2.25. The van der Waals surface area contributed by atoms with Gasteiger partial charge in [0.05, 0.1) is 28.4 Å². The van der Waals surface area contributed by atoms with Gasteiger partial charge >= 0.3 is 0 Å². The second kappa shape index (κ2) is 7.19. The van der Waals surface area contributed by atoms with E-state index in [2.05, 4.69) is 0 Å². The van der Waals surface area contributed by atoms with Gasteiger partial charge in [-0.15, -0.1) is 0 Å². The van der Waals surface area contributed by atoms with Crippen LogP contribution in [-0.2, 0) is 0 Å². The lowest BCUT2D eigenvalue weighted by molar-refractivity contribution is 0.355. The molecule has 0 saturated carbocycles. The summed E-state index contributed by atoms with van der Waals surface area (Å²) in [5.41, 5.74) is 0. The first-order valence-electron chi connectivity index (χ1n) is 6.43. The molecule has 0 spiro atoms. The van der Waals surface area contributed by atoms with Gasteiger partial charge in [0, 0.05) is 0 Å². The minimum atomic E-state index is 0.500. The van der Waals surface area contributed by atoms with Crippen molar-refractivity contribution >= 4 is 19.2 Å². The third-order valence-electron chi connectivity index (χ3n) is 3.06. The van der Waals surface area contributed by atoms with Crippen LogP contribution in [0.25, 0.3) is 0 Å². The van der Waals surface area contributed by atoms with Crippen molar-refractivity contribution in [2.24, 2.45) is 0 Å². The van der Waals surface area contributed by atoms with E-state index in [4.69, 9.17) is 18.9 Å². The van der Waals surface area contributed by atoms with Crippen LogP contribution in [0.2, 0.25) is 0 Å². The Kier molecular flexibility index (Phi) is 5.29. The predicted octanol–water partition coefficient (Wildman–Crippen LogP) is 2.35. The largest absolute Gasteiger partial charge is 0.493 e. The van der Waals surface area contributed by atoms with Crippen LogP contribution in [-0.4, -0.2) is 28.4 Å². The maximum atomic E-state index is 5.33. The van der Waals surface area contributed by atoms with Gasteiger partial charge in [-0.2, -0.15) is 0 Å². The highest BCUT2D eigenvalue weighted by Crippen LogP contribution is 2.29. The molecule has 2 aromatic carbocycles. The molecule has 21 heavy (non-hydrogen) atoms. The van der Waals surface area contributed by atoms with Crippen LogP contribution in [0.3, 0.4) is 0 Å². The summed E-state index contributed by atoms with van der Waals surface area (Å²) in [6, 6.07) is 11.9. The highest BCUT2D eigenvalue weighted by Gasteiger charge is 2.08. The maximum Gasteiger partial charge on any atom is 0.161 e. The lowest BCUT2D eigenvalue weighted by atomic mass is 10.3. The number of benzene rings is 2. The van der Waals surface area contributed by atoms with Gasteiger partial charge in [-0.1, -0.05) is 20.7 Å². The van der Waals surface area contributed by atoms with Crippen molar-refractivity contribution in [1.82, 2.24) is 0 Å². The van der Waals surface area contributed by atoms with Crippen molar-refractivity contribution in [3.8, 4) is 23.0 Å². The van der Waals surface area contributed by atoms with E-state index < -0.39 is 0 Å². The second-order valence-corrected chi connectivity index (χ2v) is 5.67. The zero-order valence-electron chi connectivity index (χ0n) is 12.6. The molecular formula is C16H19O4P. The number of methoxy groups -OCH3 is 4. The summed E-state index contributed by atoms with van der Waals surface area (Å²) in [5.74, 6) is 2.95. The molecule has 112 valence electrons. The van der Waals surface area contributed by atoms with Crippen LogP contribution < -0.4 is 29.6 Å². The zero-order valence-corrected chi connectivity index (χ0v) is 13.6. The van der Waals surface area contributed by atoms with Crippen LogP contribution >= 0.6 is 8.58 Å². The molecule has 0 heterocycles. The Bertz CT molecular complexity index is 560. The normalized spacial score (nSPS) is 10.1. The lowest BCUT2D eigenvalue weighted by Crippen LogP contribution is -2.05. The monoisotopic (exact) mass is 306 g/mol. The van der Waals surface area contributed by atoms with Gasteiger partial charge in [-0.25, -0.2) is 0 Å². The highest BCUT2D eigenvalue weighted by atomic mass is 31.1. The SMILES string of the molecule is COc1ccc(Pc2ccc(OC)c(OC)c2)cc1OC. The van der Waals surface area contributed by atoms with Crippen molar-refractivity contribution in [3.63, 3.8) is 0 Å². The first-order valence-corrected chi connectivity index (χ1v) is 7.43. The molecule has 0 N–H and O–H groups in total. The topological polar surface area (TPSA) is 36.9 Å². The van der Waals surface area contributed by atoms with Gasteiger partial charge in [0.1, 0.15) is 0 Å². The van der Waals surface area contributed by atoms with Gasteiger partial charge in [-0.3, -0.25) is 0 Å². The van der Waals surface area contributed by atoms with E-state index in [1.54, 1.807) is 28.4 Å². The van der Waals surface area contributed by atoms with Gasteiger partial charge in [0.25, 0.3) is 0 Å². The van der Waals surface area contributed by atoms with Gasteiger partial charge < -0.3 is 18.9 Å².